The van der Waals surface area contributed by atoms with Gasteiger partial charge < -0.3 is 15.7 Å². The van der Waals surface area contributed by atoms with Crippen LogP contribution in [0.25, 0.3) is 17.2 Å². The molecule has 0 saturated carbocycles. The van der Waals surface area contributed by atoms with E-state index in [4.69, 9.17) is 5.11 Å². The van der Waals surface area contributed by atoms with Gasteiger partial charge in [-0.2, -0.15) is 0 Å². The molecular weight excluding hydrogens is 434 g/mol. The van der Waals surface area contributed by atoms with Crippen LogP contribution in [-0.4, -0.2) is 40.4 Å². The van der Waals surface area contributed by atoms with Crippen molar-refractivity contribution in [3.8, 4) is 11.1 Å². The van der Waals surface area contributed by atoms with Gasteiger partial charge in [0.15, 0.2) is 0 Å². The van der Waals surface area contributed by atoms with Crippen molar-refractivity contribution in [2.75, 3.05) is 11.9 Å². The van der Waals surface area contributed by atoms with Crippen molar-refractivity contribution in [2.24, 2.45) is 0 Å². The average Bonchev–Trinajstić information content (AvgIpc) is 3.08. The molecule has 1 aliphatic rings. The lowest BCUT2D eigenvalue weighted by atomic mass is 10.0. The molecule has 8 heteroatoms. The molecule has 0 unspecified atom stereocenters. The van der Waals surface area contributed by atoms with Gasteiger partial charge in [0.2, 0.25) is 5.91 Å². The highest BCUT2D eigenvalue weighted by molar-refractivity contribution is 6.16. The summed E-state index contributed by atoms with van der Waals surface area (Å²) in [6.45, 7) is 1.52. The molecule has 3 aromatic rings. The fraction of sp³-hybridized carbons (Fsp3) is 0.0769. The van der Waals surface area contributed by atoms with E-state index in [1.165, 1.54) is 18.2 Å². The fourth-order valence-corrected chi connectivity index (χ4v) is 3.48. The van der Waals surface area contributed by atoms with E-state index in [0.717, 1.165) is 21.6 Å². The number of amides is 4. The third-order valence-electron chi connectivity index (χ3n) is 5.26. The van der Waals surface area contributed by atoms with Crippen LogP contribution in [0.3, 0.4) is 0 Å². The molecule has 4 amide bonds. The topological polar surface area (TPSA) is 116 Å². The lowest BCUT2D eigenvalue weighted by molar-refractivity contribution is -0.127. The minimum atomic E-state index is -1.00. The number of carboxylic acid groups (broad SMARTS) is 1. The van der Waals surface area contributed by atoms with Crippen LogP contribution in [-0.2, 0) is 9.59 Å². The van der Waals surface area contributed by atoms with Crippen LogP contribution >= 0.6 is 0 Å². The molecule has 0 spiro atoms. The number of anilines is 1. The Hall–Kier alpha value is -4.72. The Balaban J connectivity index is 1.47. The number of benzene rings is 3. The Bertz CT molecular complexity index is 1310. The molecule has 3 aromatic carbocycles. The van der Waals surface area contributed by atoms with Gasteiger partial charge in [-0.05, 0) is 60.0 Å². The lowest BCUT2D eigenvalue weighted by Crippen LogP contribution is -2.38. The normalized spacial score (nSPS) is 14.3. The minimum absolute atomic E-state index is 0.0616. The second kappa shape index (κ2) is 9.41. The quantitative estimate of drug-likeness (QED) is 0.385. The molecule has 0 radical (unpaired) electrons. The van der Waals surface area contributed by atoms with E-state index in [0.29, 0.717) is 11.3 Å². The number of rotatable bonds is 6. The Morgan fingerprint density at radius 1 is 0.971 bits per heavy atom. The molecule has 170 valence electrons. The molecule has 0 aromatic heterocycles. The number of hydrogen-bond acceptors (Lipinski definition) is 4. The van der Waals surface area contributed by atoms with Gasteiger partial charge in [-0.25, -0.2) is 14.5 Å². The summed E-state index contributed by atoms with van der Waals surface area (Å²) in [7, 11) is 0. The van der Waals surface area contributed by atoms with Crippen molar-refractivity contribution in [1.29, 1.82) is 0 Å². The number of urea groups is 1. The van der Waals surface area contributed by atoms with Gasteiger partial charge in [0, 0.05) is 5.69 Å². The van der Waals surface area contributed by atoms with Crippen LogP contribution in [0.4, 0.5) is 10.5 Å². The van der Waals surface area contributed by atoms with Gasteiger partial charge in [0.1, 0.15) is 12.2 Å². The first-order valence-electron chi connectivity index (χ1n) is 10.4. The van der Waals surface area contributed by atoms with E-state index < -0.39 is 30.4 Å². The van der Waals surface area contributed by atoms with Crippen molar-refractivity contribution >= 4 is 35.6 Å². The van der Waals surface area contributed by atoms with Crippen molar-refractivity contribution in [3.63, 3.8) is 0 Å². The predicted molar refractivity (Wildman–Crippen MR) is 127 cm³/mol. The summed E-state index contributed by atoms with van der Waals surface area (Å²) in [6.07, 6.45) is 1.53. The minimum Gasteiger partial charge on any atom is -0.478 e. The summed E-state index contributed by atoms with van der Waals surface area (Å²) in [5.74, 6) is -2.08. The van der Waals surface area contributed by atoms with Gasteiger partial charge in [0.05, 0.1) is 5.56 Å². The average molecular weight is 455 g/mol. The second-order valence-corrected chi connectivity index (χ2v) is 7.80. The molecular formula is C26H21N3O5. The zero-order valence-electron chi connectivity index (χ0n) is 18.2. The number of carbonyl (C=O) groups excluding carboxylic acids is 3. The second-order valence-electron chi connectivity index (χ2n) is 7.80. The third-order valence-corrected chi connectivity index (χ3v) is 5.26. The van der Waals surface area contributed by atoms with E-state index in [2.05, 4.69) is 10.6 Å². The molecule has 1 heterocycles. The molecule has 0 bridgehead atoms. The van der Waals surface area contributed by atoms with Crippen molar-refractivity contribution in [2.45, 2.75) is 6.92 Å². The van der Waals surface area contributed by atoms with Gasteiger partial charge >= 0.3 is 12.0 Å². The summed E-state index contributed by atoms with van der Waals surface area (Å²) in [5, 5.41) is 14.2. The van der Waals surface area contributed by atoms with Crippen molar-refractivity contribution in [3.05, 3.63) is 95.2 Å². The number of nitrogens with one attached hydrogen (secondary N) is 2. The number of carboxylic acids is 1. The number of carbonyl (C=O) groups is 4. The van der Waals surface area contributed by atoms with Gasteiger partial charge in [-0.1, -0.05) is 48.0 Å². The molecule has 0 atom stereocenters. The van der Waals surface area contributed by atoms with Gasteiger partial charge in [-0.3, -0.25) is 9.59 Å². The van der Waals surface area contributed by atoms with E-state index >= 15 is 0 Å². The number of aromatic carboxylic acids is 1. The molecule has 1 aliphatic heterocycles. The number of nitrogens with zero attached hydrogens (tertiary/aromatic N) is 1. The molecule has 8 nitrogen and oxygen atoms in total. The van der Waals surface area contributed by atoms with Crippen molar-refractivity contribution < 1.29 is 24.3 Å². The summed E-state index contributed by atoms with van der Waals surface area (Å²) in [6, 6.07) is 20.2. The third kappa shape index (κ3) is 5.02. The molecule has 0 aliphatic carbocycles. The Kier molecular flexibility index (Phi) is 6.22. The van der Waals surface area contributed by atoms with E-state index in [1.807, 2.05) is 31.2 Å². The maximum Gasteiger partial charge on any atom is 0.335 e. The molecule has 34 heavy (non-hydrogen) atoms. The first-order valence-corrected chi connectivity index (χ1v) is 10.4. The molecule has 4 rings (SSSR count). The molecule has 1 fully saturated rings. The van der Waals surface area contributed by atoms with E-state index in [9.17, 15) is 19.2 Å². The van der Waals surface area contributed by atoms with Crippen LogP contribution in [0.2, 0.25) is 0 Å². The summed E-state index contributed by atoms with van der Waals surface area (Å²) < 4.78 is 0. The fourth-order valence-electron chi connectivity index (χ4n) is 3.48. The van der Waals surface area contributed by atoms with Gasteiger partial charge in [-0.15, -0.1) is 0 Å². The van der Waals surface area contributed by atoms with E-state index in [-0.39, 0.29) is 11.3 Å². The standard InChI is InChI=1S/C26H21N3O5/c1-16-5-11-21(12-6-16)27-23(30)15-29-24(31)22(28-26(29)34)14-17-3-2-4-20(13-17)18-7-9-19(10-8-18)25(32)33/h2-14H,15H2,1H3,(H,27,30)(H,28,34)(H,32,33). The van der Waals surface area contributed by atoms with Crippen LogP contribution in [0, 0.1) is 6.92 Å². The summed E-state index contributed by atoms with van der Waals surface area (Å²) in [4.78, 5) is 49.3. The first-order chi connectivity index (χ1) is 16.3. The highest BCUT2D eigenvalue weighted by Crippen LogP contribution is 2.23. The van der Waals surface area contributed by atoms with Gasteiger partial charge in [0.25, 0.3) is 5.91 Å². The van der Waals surface area contributed by atoms with Crippen LogP contribution < -0.4 is 10.6 Å². The zero-order valence-corrected chi connectivity index (χ0v) is 18.2. The van der Waals surface area contributed by atoms with Crippen molar-refractivity contribution in [1.82, 2.24) is 10.2 Å². The molecule has 1 saturated heterocycles. The number of imide groups is 1. The Morgan fingerprint density at radius 2 is 1.68 bits per heavy atom. The summed E-state index contributed by atoms with van der Waals surface area (Å²) in [5.41, 5.74) is 4.15. The highest BCUT2D eigenvalue weighted by atomic mass is 16.4. The smallest absolute Gasteiger partial charge is 0.335 e. The zero-order chi connectivity index (χ0) is 24.2. The monoisotopic (exact) mass is 455 g/mol. The largest absolute Gasteiger partial charge is 0.478 e. The SMILES string of the molecule is Cc1ccc(NC(=O)CN2C(=O)NC(=Cc3cccc(-c4ccc(C(=O)O)cc4)c3)C2=O)cc1. The van der Waals surface area contributed by atoms with Crippen LogP contribution in [0.5, 0.6) is 0 Å². The Morgan fingerprint density at radius 3 is 2.35 bits per heavy atom. The van der Waals surface area contributed by atoms with Crippen LogP contribution in [0.1, 0.15) is 21.5 Å². The van der Waals surface area contributed by atoms with E-state index in [1.54, 1.807) is 36.4 Å². The number of hydrogen-bond donors (Lipinski definition) is 3. The Labute approximate surface area is 195 Å². The molecule has 3 N–H and O–H groups in total. The predicted octanol–water partition coefficient (Wildman–Crippen LogP) is 3.89. The number of aryl methyl sites for hydroxylation is 1. The highest BCUT2D eigenvalue weighted by Gasteiger charge is 2.34. The maximum atomic E-state index is 12.7. The summed E-state index contributed by atoms with van der Waals surface area (Å²) >= 11 is 0. The van der Waals surface area contributed by atoms with Crippen LogP contribution in [0.15, 0.2) is 78.5 Å². The first kappa shape index (κ1) is 22.5. The lowest BCUT2D eigenvalue weighted by Gasteiger charge is -2.12. The maximum absolute atomic E-state index is 12.7.